The fourth-order valence-electron chi connectivity index (χ4n) is 2.47. The zero-order valence-electron chi connectivity index (χ0n) is 16.3. The van der Waals surface area contributed by atoms with Crippen molar-refractivity contribution in [1.82, 2.24) is 5.43 Å². The molecular weight excluding hydrogens is 402 g/mol. The predicted octanol–water partition coefficient (Wildman–Crippen LogP) is 4.32. The van der Waals surface area contributed by atoms with Gasteiger partial charge in [0, 0.05) is 10.7 Å². The van der Waals surface area contributed by atoms with Crippen molar-refractivity contribution in [2.45, 2.75) is 13.5 Å². The van der Waals surface area contributed by atoms with Crippen LogP contribution in [0, 0.1) is 6.92 Å². The lowest BCUT2D eigenvalue weighted by Gasteiger charge is -2.07. The summed E-state index contributed by atoms with van der Waals surface area (Å²) in [7, 11) is 0. The zero-order valence-corrected chi connectivity index (χ0v) is 17.0. The molecule has 0 bridgehead atoms. The summed E-state index contributed by atoms with van der Waals surface area (Å²) in [5.74, 6) is -1.00. The molecule has 0 aliphatic heterocycles. The summed E-state index contributed by atoms with van der Waals surface area (Å²) in [6, 6.07) is 21.7. The number of hydrazone groups is 1. The second-order valence-corrected chi connectivity index (χ2v) is 6.94. The Morgan fingerprint density at radius 1 is 1.00 bits per heavy atom. The molecule has 0 saturated heterocycles. The second kappa shape index (κ2) is 10.2. The molecule has 6 nitrogen and oxygen atoms in total. The first kappa shape index (κ1) is 21.1. The van der Waals surface area contributed by atoms with E-state index < -0.39 is 11.8 Å². The van der Waals surface area contributed by atoms with Crippen molar-refractivity contribution in [3.63, 3.8) is 0 Å². The minimum Gasteiger partial charge on any atom is -0.489 e. The fourth-order valence-corrected chi connectivity index (χ4v) is 2.60. The smallest absolute Gasteiger partial charge is 0.329 e. The van der Waals surface area contributed by atoms with Crippen molar-refractivity contribution >= 4 is 35.3 Å². The van der Waals surface area contributed by atoms with Gasteiger partial charge in [-0.15, -0.1) is 0 Å². The molecule has 2 N–H and O–H groups in total. The van der Waals surface area contributed by atoms with Gasteiger partial charge in [0.05, 0.1) is 6.21 Å². The first-order valence-electron chi connectivity index (χ1n) is 9.18. The van der Waals surface area contributed by atoms with Crippen LogP contribution in [0.15, 0.2) is 77.9 Å². The van der Waals surface area contributed by atoms with Gasteiger partial charge in [-0.3, -0.25) is 9.59 Å². The number of ether oxygens (including phenoxy) is 1. The van der Waals surface area contributed by atoms with Crippen LogP contribution in [-0.2, 0) is 16.2 Å². The Labute approximate surface area is 179 Å². The summed E-state index contributed by atoms with van der Waals surface area (Å²) in [5.41, 5.74) is 5.51. The molecule has 0 unspecified atom stereocenters. The number of halogens is 1. The molecule has 30 heavy (non-hydrogen) atoms. The molecule has 3 aromatic carbocycles. The number of hydrogen-bond acceptors (Lipinski definition) is 4. The van der Waals surface area contributed by atoms with Crippen LogP contribution >= 0.6 is 11.6 Å². The number of nitrogens with zero attached hydrogens (tertiary/aromatic N) is 1. The fraction of sp³-hybridized carbons (Fsp3) is 0.0870. The number of carbonyl (C=O) groups is 2. The van der Waals surface area contributed by atoms with Crippen LogP contribution in [0.5, 0.6) is 5.75 Å². The third-order valence-electron chi connectivity index (χ3n) is 4.07. The maximum atomic E-state index is 11.9. The van der Waals surface area contributed by atoms with Crippen molar-refractivity contribution in [2.75, 3.05) is 5.32 Å². The Hall–Kier alpha value is -3.64. The standard InChI is InChI=1S/C23H20ClN3O3/c1-16-5-11-20(12-6-16)26-22(28)23(29)27-25-14-18-3-2-4-21(13-18)30-15-17-7-9-19(24)10-8-17/h2-14H,15H2,1H3,(H,26,28)(H,27,29)/b25-14+. The molecule has 0 radical (unpaired) electrons. The van der Waals surface area contributed by atoms with Crippen LogP contribution < -0.4 is 15.5 Å². The van der Waals surface area contributed by atoms with E-state index in [1.165, 1.54) is 6.21 Å². The van der Waals surface area contributed by atoms with Crippen LogP contribution in [0.1, 0.15) is 16.7 Å². The Morgan fingerprint density at radius 2 is 1.73 bits per heavy atom. The van der Waals surface area contributed by atoms with Gasteiger partial charge in [0.1, 0.15) is 12.4 Å². The Bertz CT molecular complexity index is 1050. The number of hydrogen-bond donors (Lipinski definition) is 2. The maximum Gasteiger partial charge on any atom is 0.329 e. The molecule has 0 aliphatic carbocycles. The molecular formula is C23H20ClN3O3. The van der Waals surface area contributed by atoms with Gasteiger partial charge in [0.25, 0.3) is 0 Å². The van der Waals surface area contributed by atoms with E-state index in [0.29, 0.717) is 28.6 Å². The van der Waals surface area contributed by atoms with E-state index in [0.717, 1.165) is 11.1 Å². The van der Waals surface area contributed by atoms with Gasteiger partial charge in [0.2, 0.25) is 0 Å². The van der Waals surface area contributed by atoms with E-state index in [9.17, 15) is 9.59 Å². The molecule has 3 aromatic rings. The minimum atomic E-state index is -0.859. The highest BCUT2D eigenvalue weighted by atomic mass is 35.5. The second-order valence-electron chi connectivity index (χ2n) is 6.51. The van der Waals surface area contributed by atoms with Crippen molar-refractivity contribution in [1.29, 1.82) is 0 Å². The summed E-state index contributed by atoms with van der Waals surface area (Å²) >= 11 is 5.88. The van der Waals surface area contributed by atoms with Gasteiger partial charge in [-0.1, -0.05) is 53.6 Å². The highest BCUT2D eigenvalue weighted by Crippen LogP contribution is 2.16. The van der Waals surface area contributed by atoms with E-state index in [1.54, 1.807) is 36.4 Å². The van der Waals surface area contributed by atoms with Gasteiger partial charge < -0.3 is 10.1 Å². The number of nitrogens with one attached hydrogen (secondary N) is 2. The number of rotatable bonds is 6. The molecule has 2 amide bonds. The van der Waals surface area contributed by atoms with Crippen LogP contribution in [0.4, 0.5) is 5.69 Å². The van der Waals surface area contributed by atoms with Crippen molar-refractivity contribution in [2.24, 2.45) is 5.10 Å². The number of aryl methyl sites for hydroxylation is 1. The largest absolute Gasteiger partial charge is 0.489 e. The summed E-state index contributed by atoms with van der Waals surface area (Å²) < 4.78 is 5.76. The number of benzene rings is 3. The normalized spacial score (nSPS) is 10.6. The SMILES string of the molecule is Cc1ccc(NC(=O)C(=O)N/N=C/c2cccc(OCc3ccc(Cl)cc3)c2)cc1. The van der Waals surface area contributed by atoms with E-state index in [2.05, 4.69) is 15.8 Å². The maximum absolute atomic E-state index is 11.9. The highest BCUT2D eigenvalue weighted by Gasteiger charge is 2.12. The predicted molar refractivity (Wildman–Crippen MR) is 118 cm³/mol. The zero-order chi connectivity index (χ0) is 21.3. The van der Waals surface area contributed by atoms with Gasteiger partial charge in [-0.2, -0.15) is 5.10 Å². The monoisotopic (exact) mass is 421 g/mol. The topological polar surface area (TPSA) is 79.8 Å². The molecule has 0 spiro atoms. The number of carbonyl (C=O) groups excluding carboxylic acids is 2. The molecule has 0 atom stereocenters. The lowest BCUT2D eigenvalue weighted by atomic mass is 10.2. The van der Waals surface area contributed by atoms with E-state index >= 15 is 0 Å². The van der Waals surface area contributed by atoms with Gasteiger partial charge >= 0.3 is 11.8 Å². The third kappa shape index (κ3) is 6.46. The summed E-state index contributed by atoms with van der Waals surface area (Å²) in [6.45, 7) is 2.33. The van der Waals surface area contributed by atoms with E-state index in [-0.39, 0.29) is 0 Å². The van der Waals surface area contributed by atoms with E-state index in [1.807, 2.05) is 43.3 Å². The Kier molecular flexibility index (Phi) is 7.19. The summed E-state index contributed by atoms with van der Waals surface area (Å²) in [4.78, 5) is 23.8. The van der Waals surface area contributed by atoms with E-state index in [4.69, 9.17) is 16.3 Å². The molecule has 0 aromatic heterocycles. The quantitative estimate of drug-likeness (QED) is 0.353. The van der Waals surface area contributed by atoms with Crippen LogP contribution in [0.25, 0.3) is 0 Å². The number of amides is 2. The average Bonchev–Trinajstić information content (AvgIpc) is 2.75. The summed E-state index contributed by atoms with van der Waals surface area (Å²) in [6.07, 6.45) is 1.44. The summed E-state index contributed by atoms with van der Waals surface area (Å²) in [5, 5.41) is 7.01. The molecule has 152 valence electrons. The lowest BCUT2D eigenvalue weighted by Crippen LogP contribution is -2.32. The van der Waals surface area contributed by atoms with Crippen molar-refractivity contribution in [3.05, 3.63) is 94.5 Å². The van der Waals surface area contributed by atoms with Gasteiger partial charge in [-0.25, -0.2) is 5.43 Å². The molecule has 0 fully saturated rings. The highest BCUT2D eigenvalue weighted by molar-refractivity contribution is 6.39. The molecule has 3 rings (SSSR count). The molecule has 0 heterocycles. The van der Waals surface area contributed by atoms with Gasteiger partial charge in [0.15, 0.2) is 0 Å². The van der Waals surface area contributed by atoms with Crippen LogP contribution in [0.2, 0.25) is 5.02 Å². The lowest BCUT2D eigenvalue weighted by molar-refractivity contribution is -0.136. The average molecular weight is 422 g/mol. The van der Waals surface area contributed by atoms with Crippen LogP contribution in [0.3, 0.4) is 0 Å². The van der Waals surface area contributed by atoms with Gasteiger partial charge in [-0.05, 0) is 54.4 Å². The van der Waals surface area contributed by atoms with Crippen molar-refractivity contribution in [3.8, 4) is 5.75 Å². The minimum absolute atomic E-state index is 0.397. The Balaban J connectivity index is 1.51. The van der Waals surface area contributed by atoms with Crippen LogP contribution in [-0.4, -0.2) is 18.0 Å². The first-order valence-corrected chi connectivity index (χ1v) is 9.56. The first-order chi connectivity index (χ1) is 14.5. The molecule has 0 aliphatic rings. The molecule has 0 saturated carbocycles. The van der Waals surface area contributed by atoms with Crippen molar-refractivity contribution < 1.29 is 14.3 Å². The third-order valence-corrected chi connectivity index (χ3v) is 4.32. The molecule has 7 heteroatoms. The Morgan fingerprint density at radius 3 is 2.47 bits per heavy atom. The number of anilines is 1.